The molecule has 0 radical (unpaired) electrons. The van der Waals surface area contributed by atoms with E-state index in [4.69, 9.17) is 27.9 Å². The Kier molecular flexibility index (Phi) is 7.85. The molecule has 0 bridgehead atoms. The Morgan fingerprint density at radius 3 is 2.46 bits per heavy atom. The van der Waals surface area contributed by atoms with Gasteiger partial charge in [0.05, 0.1) is 11.8 Å². The van der Waals surface area contributed by atoms with Crippen LogP contribution in [0.1, 0.15) is 6.92 Å². The lowest BCUT2D eigenvalue weighted by Gasteiger charge is -2.09. The number of ether oxygens (including phenoxy) is 1. The van der Waals surface area contributed by atoms with Crippen LogP contribution in [-0.2, 0) is 9.53 Å². The van der Waals surface area contributed by atoms with Crippen LogP contribution in [0.25, 0.3) is 0 Å². The first kappa shape index (κ1) is 12.5. The second-order valence-electron chi connectivity index (χ2n) is 2.25. The Morgan fingerprint density at radius 2 is 2.00 bits per heavy atom. The van der Waals surface area contributed by atoms with Gasteiger partial charge in [0.1, 0.15) is 6.10 Å². The van der Waals surface area contributed by atoms with Crippen LogP contribution >= 0.6 is 23.2 Å². The third-order valence-corrected chi connectivity index (χ3v) is 1.85. The van der Waals surface area contributed by atoms with Gasteiger partial charge >= 0.3 is 5.97 Å². The first-order chi connectivity index (χ1) is 6.24. The number of hydrogen-bond donors (Lipinski definition) is 0. The molecule has 0 atom stereocenters. The van der Waals surface area contributed by atoms with Crippen molar-refractivity contribution in [3.8, 4) is 0 Å². The highest BCUT2D eigenvalue weighted by Crippen LogP contribution is 1.99. The number of esters is 1. The Balaban J connectivity index is 3.85. The van der Waals surface area contributed by atoms with Crippen molar-refractivity contribution in [2.75, 3.05) is 11.8 Å². The van der Waals surface area contributed by atoms with Crippen LogP contribution in [0.15, 0.2) is 24.3 Å². The summed E-state index contributed by atoms with van der Waals surface area (Å²) in [6.07, 6.45) is 6.06. The number of rotatable bonds is 5. The number of hydrogen-bond acceptors (Lipinski definition) is 2. The van der Waals surface area contributed by atoms with E-state index < -0.39 is 12.1 Å². The average molecular weight is 223 g/mol. The largest absolute Gasteiger partial charge is 0.457 e. The zero-order valence-corrected chi connectivity index (χ0v) is 8.89. The smallest absolute Gasteiger partial charge is 0.331 e. The van der Waals surface area contributed by atoms with Crippen LogP contribution < -0.4 is 0 Å². The molecule has 0 saturated heterocycles. The van der Waals surface area contributed by atoms with Crippen molar-refractivity contribution in [3.63, 3.8) is 0 Å². The summed E-state index contributed by atoms with van der Waals surface area (Å²) in [6, 6.07) is 0. The fourth-order valence-electron chi connectivity index (χ4n) is 0.553. The summed E-state index contributed by atoms with van der Waals surface area (Å²) in [4.78, 5) is 11.0. The van der Waals surface area contributed by atoms with Gasteiger partial charge in [0, 0.05) is 6.08 Å². The molecule has 0 saturated carbocycles. The van der Waals surface area contributed by atoms with Crippen LogP contribution in [0.5, 0.6) is 0 Å². The summed E-state index contributed by atoms with van der Waals surface area (Å²) in [5.74, 6) is 0.00347. The summed E-state index contributed by atoms with van der Waals surface area (Å²) in [5.41, 5.74) is 0. The van der Waals surface area contributed by atoms with Crippen LogP contribution in [0, 0.1) is 0 Å². The second-order valence-corrected chi connectivity index (χ2v) is 2.87. The van der Waals surface area contributed by atoms with Gasteiger partial charge in [0.15, 0.2) is 0 Å². The van der Waals surface area contributed by atoms with Crippen LogP contribution in [0.3, 0.4) is 0 Å². The Morgan fingerprint density at radius 1 is 1.38 bits per heavy atom. The lowest BCUT2D eigenvalue weighted by molar-refractivity contribution is -0.141. The number of carbonyl (C=O) groups is 1. The lowest BCUT2D eigenvalue weighted by atomic mass is 10.4. The van der Waals surface area contributed by atoms with Gasteiger partial charge in [-0.25, -0.2) is 4.79 Å². The highest BCUT2D eigenvalue weighted by Gasteiger charge is 2.08. The van der Waals surface area contributed by atoms with Gasteiger partial charge in [-0.05, 0) is 6.92 Å². The lowest BCUT2D eigenvalue weighted by Crippen LogP contribution is -2.19. The second kappa shape index (κ2) is 8.14. The molecule has 13 heavy (non-hydrogen) atoms. The number of halogens is 2. The molecule has 0 amide bonds. The van der Waals surface area contributed by atoms with Crippen molar-refractivity contribution in [2.45, 2.75) is 13.0 Å². The maximum Gasteiger partial charge on any atom is 0.331 e. The summed E-state index contributed by atoms with van der Waals surface area (Å²) < 4.78 is 4.87. The predicted molar refractivity (Wildman–Crippen MR) is 55.3 cm³/mol. The van der Waals surface area contributed by atoms with E-state index in [1.807, 2.05) is 13.0 Å². The fourth-order valence-corrected chi connectivity index (χ4v) is 1.01. The quantitative estimate of drug-likeness (QED) is 0.310. The predicted octanol–water partition coefficient (Wildman–Crippen LogP) is 2.51. The first-order valence-corrected chi connectivity index (χ1v) is 4.93. The zero-order valence-electron chi connectivity index (χ0n) is 7.37. The van der Waals surface area contributed by atoms with Gasteiger partial charge in [-0.3, -0.25) is 0 Å². The van der Waals surface area contributed by atoms with E-state index in [9.17, 15) is 4.79 Å². The van der Waals surface area contributed by atoms with E-state index in [1.165, 1.54) is 6.08 Å². The van der Waals surface area contributed by atoms with Crippen LogP contribution in [0.4, 0.5) is 0 Å². The molecule has 4 heteroatoms. The average Bonchev–Trinajstić information content (AvgIpc) is 2.14. The Labute approximate surface area is 88.2 Å². The molecule has 0 aromatic rings. The van der Waals surface area contributed by atoms with E-state index in [2.05, 4.69) is 0 Å². The van der Waals surface area contributed by atoms with Gasteiger partial charge in [-0.15, -0.1) is 23.2 Å². The minimum Gasteiger partial charge on any atom is -0.457 e. The summed E-state index contributed by atoms with van der Waals surface area (Å²) in [6.45, 7) is 1.86. The van der Waals surface area contributed by atoms with Gasteiger partial charge in [-0.2, -0.15) is 0 Å². The molecule has 2 nitrogen and oxygen atoms in total. The molecule has 0 unspecified atom stereocenters. The monoisotopic (exact) mass is 222 g/mol. The van der Waals surface area contributed by atoms with Crippen molar-refractivity contribution in [2.24, 2.45) is 0 Å². The van der Waals surface area contributed by atoms with Crippen LogP contribution in [0.2, 0.25) is 0 Å². The number of alkyl halides is 2. The number of allylic oxidation sites excluding steroid dienone is 3. The minimum atomic E-state index is -0.426. The first-order valence-electron chi connectivity index (χ1n) is 3.86. The van der Waals surface area contributed by atoms with E-state index in [-0.39, 0.29) is 11.8 Å². The van der Waals surface area contributed by atoms with Crippen molar-refractivity contribution >= 4 is 29.2 Å². The van der Waals surface area contributed by atoms with Gasteiger partial charge in [0.2, 0.25) is 0 Å². The van der Waals surface area contributed by atoms with Crippen molar-refractivity contribution in [1.29, 1.82) is 0 Å². The maximum atomic E-state index is 11.0. The zero-order chi connectivity index (χ0) is 10.1. The molecule has 0 aromatic heterocycles. The molecule has 0 aromatic carbocycles. The third-order valence-electron chi connectivity index (χ3n) is 1.16. The van der Waals surface area contributed by atoms with Gasteiger partial charge in [-0.1, -0.05) is 18.2 Å². The summed E-state index contributed by atoms with van der Waals surface area (Å²) in [5, 5.41) is 0. The van der Waals surface area contributed by atoms with Gasteiger partial charge in [0.25, 0.3) is 0 Å². The standard InChI is InChI=1S/C9H12Cl2O2/c1-2-3-4-5-9(12)13-8(6-10)7-11/h2-5,8H,6-7H2,1H3. The topological polar surface area (TPSA) is 26.3 Å². The highest BCUT2D eigenvalue weighted by molar-refractivity contribution is 6.21. The minimum absolute atomic E-state index is 0.215. The molecular formula is C9H12Cl2O2. The molecule has 0 spiro atoms. The van der Waals surface area contributed by atoms with E-state index in [0.717, 1.165) is 0 Å². The van der Waals surface area contributed by atoms with Crippen molar-refractivity contribution < 1.29 is 9.53 Å². The normalized spacial score (nSPS) is 11.7. The van der Waals surface area contributed by atoms with E-state index in [1.54, 1.807) is 12.2 Å². The molecule has 0 aliphatic heterocycles. The molecular weight excluding hydrogens is 211 g/mol. The Bertz CT molecular complexity index is 196. The SMILES string of the molecule is CC=CC=CC(=O)OC(CCl)CCl. The molecule has 74 valence electrons. The Hall–Kier alpha value is -0.470. The van der Waals surface area contributed by atoms with Crippen molar-refractivity contribution in [1.82, 2.24) is 0 Å². The molecule has 0 rings (SSSR count). The number of carbonyl (C=O) groups excluding carboxylic acids is 1. The fraction of sp³-hybridized carbons (Fsp3) is 0.444. The summed E-state index contributed by atoms with van der Waals surface area (Å²) in [7, 11) is 0. The van der Waals surface area contributed by atoms with E-state index in [0.29, 0.717) is 0 Å². The van der Waals surface area contributed by atoms with E-state index >= 15 is 0 Å². The molecule has 0 heterocycles. The third kappa shape index (κ3) is 6.67. The van der Waals surface area contributed by atoms with Gasteiger partial charge < -0.3 is 4.74 Å². The summed E-state index contributed by atoms with van der Waals surface area (Å²) >= 11 is 10.9. The molecule has 0 N–H and O–H groups in total. The highest BCUT2D eigenvalue weighted by atomic mass is 35.5. The van der Waals surface area contributed by atoms with Crippen LogP contribution in [-0.4, -0.2) is 23.8 Å². The van der Waals surface area contributed by atoms with Crippen molar-refractivity contribution in [3.05, 3.63) is 24.3 Å². The maximum absolute atomic E-state index is 11.0. The molecule has 0 aliphatic rings. The molecule has 0 aliphatic carbocycles. The molecule has 0 fully saturated rings.